The first-order valence-corrected chi connectivity index (χ1v) is 6.83. The minimum Gasteiger partial charge on any atom is -0.367 e. The normalized spacial score (nSPS) is 23.4. The molecule has 2 aliphatic rings. The van der Waals surface area contributed by atoms with E-state index >= 15 is 0 Å². The minimum absolute atomic E-state index is 0.642. The van der Waals surface area contributed by atoms with E-state index in [0.29, 0.717) is 6.04 Å². The van der Waals surface area contributed by atoms with Crippen molar-refractivity contribution in [2.75, 3.05) is 36.9 Å². The van der Waals surface area contributed by atoms with E-state index in [1.54, 1.807) is 6.33 Å². The molecule has 2 N–H and O–H groups in total. The molecule has 0 spiro atoms. The predicted octanol–water partition coefficient (Wildman–Crippen LogP) is 1.10. The Labute approximate surface area is 108 Å². The summed E-state index contributed by atoms with van der Waals surface area (Å²) in [6, 6.07) is 2.73. The molecule has 2 heterocycles. The van der Waals surface area contributed by atoms with Crippen molar-refractivity contribution in [3.05, 3.63) is 12.4 Å². The van der Waals surface area contributed by atoms with Gasteiger partial charge in [0.2, 0.25) is 0 Å². The molecular formula is C13H21N5. The molecule has 0 aromatic carbocycles. The second-order valence-electron chi connectivity index (χ2n) is 5.34. The van der Waals surface area contributed by atoms with Gasteiger partial charge >= 0.3 is 0 Å². The summed E-state index contributed by atoms with van der Waals surface area (Å²) in [5.74, 6) is 2.77. The van der Waals surface area contributed by atoms with Gasteiger partial charge in [-0.1, -0.05) is 0 Å². The van der Waals surface area contributed by atoms with Crippen LogP contribution in [0.4, 0.5) is 11.6 Å². The Hall–Kier alpha value is -1.36. The molecule has 5 heteroatoms. The van der Waals surface area contributed by atoms with Gasteiger partial charge in [0.15, 0.2) is 0 Å². The smallest absolute Gasteiger partial charge is 0.134 e. The predicted molar refractivity (Wildman–Crippen MR) is 72.9 cm³/mol. The summed E-state index contributed by atoms with van der Waals surface area (Å²) in [5, 5.41) is 6.68. The maximum absolute atomic E-state index is 4.40. The largest absolute Gasteiger partial charge is 0.367 e. The molecule has 98 valence electrons. The highest BCUT2D eigenvalue weighted by atomic mass is 15.2. The second kappa shape index (κ2) is 5.10. The first kappa shape index (κ1) is 11.7. The van der Waals surface area contributed by atoms with Crippen molar-refractivity contribution >= 4 is 11.6 Å². The Kier molecular flexibility index (Phi) is 3.32. The van der Waals surface area contributed by atoms with E-state index in [1.807, 2.05) is 7.05 Å². The third kappa shape index (κ3) is 2.72. The molecule has 2 fully saturated rings. The van der Waals surface area contributed by atoms with Crippen molar-refractivity contribution in [1.82, 2.24) is 15.3 Å². The van der Waals surface area contributed by atoms with Crippen LogP contribution in [0.5, 0.6) is 0 Å². The molecule has 1 aromatic rings. The fourth-order valence-electron chi connectivity index (χ4n) is 2.53. The lowest BCUT2D eigenvalue weighted by atomic mass is 10.1. The average molecular weight is 247 g/mol. The maximum Gasteiger partial charge on any atom is 0.134 e. The molecular weight excluding hydrogens is 226 g/mol. The number of nitrogens with zero attached hydrogens (tertiary/aromatic N) is 3. The molecule has 1 atom stereocenters. The van der Waals surface area contributed by atoms with Crippen LogP contribution in [0.15, 0.2) is 12.4 Å². The van der Waals surface area contributed by atoms with E-state index in [1.165, 1.54) is 19.3 Å². The van der Waals surface area contributed by atoms with Gasteiger partial charge in [0.1, 0.15) is 18.0 Å². The number of rotatable bonds is 5. The summed E-state index contributed by atoms with van der Waals surface area (Å²) in [6.07, 6.45) is 5.46. The van der Waals surface area contributed by atoms with E-state index in [9.17, 15) is 0 Å². The van der Waals surface area contributed by atoms with Gasteiger partial charge in [-0.15, -0.1) is 0 Å². The lowest BCUT2D eigenvalue weighted by Gasteiger charge is -2.18. The first-order chi connectivity index (χ1) is 8.85. The van der Waals surface area contributed by atoms with Crippen LogP contribution in [-0.2, 0) is 0 Å². The Balaban J connectivity index is 1.64. The van der Waals surface area contributed by atoms with Crippen LogP contribution in [0, 0.1) is 5.92 Å². The van der Waals surface area contributed by atoms with E-state index in [-0.39, 0.29) is 0 Å². The van der Waals surface area contributed by atoms with Crippen molar-refractivity contribution in [1.29, 1.82) is 0 Å². The van der Waals surface area contributed by atoms with Crippen molar-refractivity contribution in [3.63, 3.8) is 0 Å². The fourth-order valence-corrected chi connectivity index (χ4v) is 2.53. The Morgan fingerprint density at radius 2 is 2.22 bits per heavy atom. The number of aromatic nitrogens is 2. The zero-order chi connectivity index (χ0) is 12.4. The van der Waals surface area contributed by atoms with Gasteiger partial charge in [-0.25, -0.2) is 9.97 Å². The summed E-state index contributed by atoms with van der Waals surface area (Å²) in [7, 11) is 2.02. The van der Waals surface area contributed by atoms with Crippen LogP contribution >= 0.6 is 0 Å². The van der Waals surface area contributed by atoms with Crippen LogP contribution < -0.4 is 15.5 Å². The highest BCUT2D eigenvalue weighted by Gasteiger charge is 2.24. The third-order valence-electron chi connectivity index (χ3n) is 3.68. The first-order valence-electron chi connectivity index (χ1n) is 6.83. The van der Waals surface area contributed by atoms with E-state index in [2.05, 4.69) is 31.6 Å². The lowest BCUT2D eigenvalue weighted by molar-refractivity contribution is 0.549. The standard InChI is InChI=1S/C13H21N5/c1-14-7-10-4-5-18(8-10)13-6-12(15-9-16-13)17-11-2-3-11/h6,9-11,14H,2-5,7-8H2,1H3,(H,15,16,17). The van der Waals surface area contributed by atoms with Crippen molar-refractivity contribution in [3.8, 4) is 0 Å². The molecule has 0 radical (unpaired) electrons. The maximum atomic E-state index is 4.40. The van der Waals surface area contributed by atoms with Gasteiger partial charge in [0, 0.05) is 25.2 Å². The Morgan fingerprint density at radius 1 is 1.33 bits per heavy atom. The zero-order valence-corrected chi connectivity index (χ0v) is 10.9. The summed E-state index contributed by atoms with van der Waals surface area (Å²) >= 11 is 0. The second-order valence-corrected chi connectivity index (χ2v) is 5.34. The average Bonchev–Trinajstić information content (AvgIpc) is 3.06. The fraction of sp³-hybridized carbons (Fsp3) is 0.692. The number of hydrogen-bond acceptors (Lipinski definition) is 5. The molecule has 1 aliphatic heterocycles. The van der Waals surface area contributed by atoms with Crippen LogP contribution in [0.2, 0.25) is 0 Å². The van der Waals surface area contributed by atoms with Gasteiger partial charge in [0.25, 0.3) is 0 Å². The van der Waals surface area contributed by atoms with E-state index in [0.717, 1.165) is 37.2 Å². The third-order valence-corrected chi connectivity index (χ3v) is 3.68. The van der Waals surface area contributed by atoms with Gasteiger partial charge in [-0.05, 0) is 38.8 Å². The molecule has 1 aliphatic carbocycles. The van der Waals surface area contributed by atoms with E-state index < -0.39 is 0 Å². The summed E-state index contributed by atoms with van der Waals surface area (Å²) in [4.78, 5) is 11.0. The molecule has 1 saturated carbocycles. The monoisotopic (exact) mass is 247 g/mol. The number of anilines is 2. The summed E-state index contributed by atoms with van der Waals surface area (Å²) < 4.78 is 0. The molecule has 0 bridgehead atoms. The SMILES string of the molecule is CNCC1CCN(c2cc(NC3CC3)ncn2)C1. The van der Waals surface area contributed by atoms with Gasteiger partial charge in [-0.3, -0.25) is 0 Å². The van der Waals surface area contributed by atoms with Crippen LogP contribution in [0.3, 0.4) is 0 Å². The number of hydrogen-bond donors (Lipinski definition) is 2. The summed E-state index contributed by atoms with van der Waals surface area (Å²) in [6.45, 7) is 3.29. The van der Waals surface area contributed by atoms with Gasteiger partial charge < -0.3 is 15.5 Å². The van der Waals surface area contributed by atoms with Gasteiger partial charge in [0.05, 0.1) is 0 Å². The Morgan fingerprint density at radius 3 is 3.00 bits per heavy atom. The molecule has 1 unspecified atom stereocenters. The van der Waals surface area contributed by atoms with Crippen LogP contribution in [0.1, 0.15) is 19.3 Å². The molecule has 1 saturated heterocycles. The minimum atomic E-state index is 0.642. The molecule has 18 heavy (non-hydrogen) atoms. The Bertz CT molecular complexity index is 404. The van der Waals surface area contributed by atoms with Crippen molar-refractivity contribution in [2.45, 2.75) is 25.3 Å². The quantitative estimate of drug-likeness (QED) is 0.816. The van der Waals surface area contributed by atoms with Crippen LogP contribution in [0.25, 0.3) is 0 Å². The van der Waals surface area contributed by atoms with Gasteiger partial charge in [-0.2, -0.15) is 0 Å². The molecule has 5 nitrogen and oxygen atoms in total. The number of nitrogens with one attached hydrogen (secondary N) is 2. The highest BCUT2D eigenvalue weighted by molar-refractivity contribution is 5.50. The summed E-state index contributed by atoms with van der Waals surface area (Å²) in [5.41, 5.74) is 0. The van der Waals surface area contributed by atoms with E-state index in [4.69, 9.17) is 0 Å². The zero-order valence-electron chi connectivity index (χ0n) is 10.9. The molecule has 0 amide bonds. The van der Waals surface area contributed by atoms with Crippen LogP contribution in [-0.4, -0.2) is 42.7 Å². The topological polar surface area (TPSA) is 53.1 Å². The molecule has 1 aromatic heterocycles. The van der Waals surface area contributed by atoms with Crippen molar-refractivity contribution < 1.29 is 0 Å². The highest BCUT2D eigenvalue weighted by Crippen LogP contribution is 2.26. The van der Waals surface area contributed by atoms with Crippen molar-refractivity contribution in [2.24, 2.45) is 5.92 Å². The molecule has 3 rings (SSSR count). The lowest BCUT2D eigenvalue weighted by Crippen LogP contribution is -2.25.